The van der Waals surface area contributed by atoms with Gasteiger partial charge < -0.3 is 14.9 Å². The molecule has 1 N–H and O–H groups in total. The monoisotopic (exact) mass is 369 g/mol. The first-order valence-corrected chi connectivity index (χ1v) is 10.7. The van der Waals surface area contributed by atoms with Gasteiger partial charge in [0, 0.05) is 51.2 Å². The maximum Gasteiger partial charge on any atom is 0.320 e. The van der Waals surface area contributed by atoms with E-state index in [0.717, 1.165) is 64.7 Å². The molecule has 0 saturated carbocycles. The smallest absolute Gasteiger partial charge is 0.320 e. The molecule has 1 aromatic rings. The van der Waals surface area contributed by atoms with Gasteiger partial charge in [-0.05, 0) is 49.7 Å². The summed E-state index contributed by atoms with van der Waals surface area (Å²) in [6.07, 6.45) is 6.08. The van der Waals surface area contributed by atoms with E-state index in [1.54, 1.807) is 0 Å². The van der Waals surface area contributed by atoms with Gasteiger partial charge in [0.05, 0.1) is 5.60 Å². The van der Waals surface area contributed by atoms with Gasteiger partial charge in [-0.25, -0.2) is 4.79 Å². The molecule has 3 saturated heterocycles. The summed E-state index contributed by atoms with van der Waals surface area (Å²) in [5.41, 5.74) is 2.39. The molecule has 5 nitrogen and oxygen atoms in total. The van der Waals surface area contributed by atoms with Crippen LogP contribution in [-0.4, -0.2) is 76.7 Å². The highest BCUT2D eigenvalue weighted by atomic mass is 16.3. The number of likely N-dealkylation sites (tertiary alicyclic amines) is 3. The highest BCUT2D eigenvalue weighted by molar-refractivity contribution is 5.75. The normalized spacial score (nSPS) is 31.8. The number of hydrogen-bond donors (Lipinski definition) is 1. The van der Waals surface area contributed by atoms with E-state index < -0.39 is 5.60 Å². The summed E-state index contributed by atoms with van der Waals surface area (Å²) in [5, 5.41) is 11.2. The molecule has 5 rings (SSSR count). The first kappa shape index (κ1) is 17.5. The third kappa shape index (κ3) is 3.15. The van der Waals surface area contributed by atoms with Crippen molar-refractivity contribution in [2.45, 2.75) is 50.2 Å². The van der Waals surface area contributed by atoms with Gasteiger partial charge in [0.2, 0.25) is 0 Å². The standard InChI is InChI=1S/C22H31N3O2/c26-21(23-9-3-4-10-23)25-12-8-22(27)7-11-24(15-19(22)16-25)20-13-17-5-1-2-6-18(17)14-20/h1-2,5-6,19-20,27H,3-4,7-16H2/t19-,22-/m0/s1. The summed E-state index contributed by atoms with van der Waals surface area (Å²) >= 11 is 0. The van der Waals surface area contributed by atoms with Crippen LogP contribution in [0.25, 0.3) is 0 Å². The highest BCUT2D eigenvalue weighted by Gasteiger charge is 2.47. The maximum atomic E-state index is 12.8. The predicted octanol–water partition coefficient (Wildman–Crippen LogP) is 2.13. The Morgan fingerprint density at radius 2 is 1.59 bits per heavy atom. The first-order chi connectivity index (χ1) is 13.1. The average Bonchev–Trinajstić information content (AvgIpc) is 3.36. The zero-order valence-electron chi connectivity index (χ0n) is 16.1. The van der Waals surface area contributed by atoms with Crippen molar-refractivity contribution in [2.24, 2.45) is 5.92 Å². The summed E-state index contributed by atoms with van der Waals surface area (Å²) in [6, 6.07) is 9.54. The highest BCUT2D eigenvalue weighted by Crippen LogP contribution is 2.38. The number of carbonyl (C=O) groups excluding carboxylic acids is 1. The lowest BCUT2D eigenvalue weighted by atomic mass is 9.75. The van der Waals surface area contributed by atoms with Crippen molar-refractivity contribution in [3.8, 4) is 0 Å². The molecular weight excluding hydrogens is 338 g/mol. The van der Waals surface area contributed by atoms with Crippen LogP contribution in [0.1, 0.15) is 36.8 Å². The molecule has 0 bridgehead atoms. The molecule has 5 heteroatoms. The summed E-state index contributed by atoms with van der Waals surface area (Å²) < 4.78 is 0. The van der Waals surface area contributed by atoms with Crippen molar-refractivity contribution >= 4 is 6.03 Å². The van der Waals surface area contributed by atoms with Crippen LogP contribution in [0.2, 0.25) is 0 Å². The first-order valence-electron chi connectivity index (χ1n) is 10.7. The second-order valence-corrected chi connectivity index (χ2v) is 9.05. The van der Waals surface area contributed by atoms with Gasteiger partial charge in [-0.1, -0.05) is 24.3 Å². The molecule has 2 amide bonds. The summed E-state index contributed by atoms with van der Waals surface area (Å²) in [5.74, 6) is 0.176. The minimum atomic E-state index is -0.580. The van der Waals surface area contributed by atoms with Crippen LogP contribution in [0, 0.1) is 5.92 Å². The molecule has 3 aliphatic heterocycles. The van der Waals surface area contributed by atoms with Gasteiger partial charge in [-0.15, -0.1) is 0 Å². The number of amides is 2. The number of piperidine rings is 2. The quantitative estimate of drug-likeness (QED) is 0.825. The van der Waals surface area contributed by atoms with Gasteiger partial charge in [-0.2, -0.15) is 0 Å². The molecule has 0 aromatic heterocycles. The van der Waals surface area contributed by atoms with E-state index in [-0.39, 0.29) is 11.9 Å². The van der Waals surface area contributed by atoms with E-state index in [2.05, 4.69) is 29.2 Å². The van der Waals surface area contributed by atoms with Crippen LogP contribution in [0.15, 0.2) is 24.3 Å². The van der Waals surface area contributed by atoms with Crippen LogP contribution < -0.4 is 0 Å². The van der Waals surface area contributed by atoms with Crippen molar-refractivity contribution in [2.75, 3.05) is 39.3 Å². The minimum absolute atomic E-state index is 0.176. The molecular formula is C22H31N3O2. The van der Waals surface area contributed by atoms with Crippen molar-refractivity contribution in [1.82, 2.24) is 14.7 Å². The molecule has 3 fully saturated rings. The molecule has 1 aromatic carbocycles. The Morgan fingerprint density at radius 3 is 2.30 bits per heavy atom. The molecule has 3 heterocycles. The summed E-state index contributed by atoms with van der Waals surface area (Å²) in [4.78, 5) is 19.4. The fourth-order valence-electron chi connectivity index (χ4n) is 5.74. The van der Waals surface area contributed by atoms with E-state index in [4.69, 9.17) is 0 Å². The maximum absolute atomic E-state index is 12.8. The van der Waals surface area contributed by atoms with E-state index in [0.29, 0.717) is 19.1 Å². The number of fused-ring (bicyclic) bond motifs is 2. The average molecular weight is 370 g/mol. The molecule has 146 valence electrons. The summed E-state index contributed by atoms with van der Waals surface area (Å²) in [7, 11) is 0. The number of carbonyl (C=O) groups is 1. The fourth-order valence-corrected chi connectivity index (χ4v) is 5.74. The fraction of sp³-hybridized carbons (Fsp3) is 0.682. The Hall–Kier alpha value is -1.59. The number of nitrogens with zero attached hydrogens (tertiary/aromatic N) is 3. The van der Waals surface area contributed by atoms with E-state index in [1.165, 1.54) is 11.1 Å². The SMILES string of the molecule is O=C(N1CCCC1)N1CC[C@@]2(O)CCN(C3Cc4ccccc4C3)C[C@H]2C1. The van der Waals surface area contributed by atoms with Crippen LogP contribution >= 0.6 is 0 Å². The third-order valence-electron chi connectivity index (χ3n) is 7.50. The Kier molecular flexibility index (Phi) is 4.40. The molecule has 0 radical (unpaired) electrons. The van der Waals surface area contributed by atoms with Crippen LogP contribution in [0.3, 0.4) is 0 Å². The Labute approximate surface area is 161 Å². The van der Waals surface area contributed by atoms with Gasteiger partial charge >= 0.3 is 6.03 Å². The lowest BCUT2D eigenvalue weighted by Gasteiger charge is -2.51. The van der Waals surface area contributed by atoms with Gasteiger partial charge in [0.1, 0.15) is 0 Å². The van der Waals surface area contributed by atoms with Crippen molar-refractivity contribution in [3.05, 3.63) is 35.4 Å². The van der Waals surface area contributed by atoms with Gasteiger partial charge in [0.15, 0.2) is 0 Å². The number of aliphatic hydroxyl groups is 1. The lowest BCUT2D eigenvalue weighted by Crippen LogP contribution is -2.62. The number of rotatable bonds is 1. The lowest BCUT2D eigenvalue weighted by molar-refractivity contribution is -0.113. The molecule has 4 aliphatic rings. The van der Waals surface area contributed by atoms with Gasteiger partial charge in [0.25, 0.3) is 0 Å². The zero-order valence-corrected chi connectivity index (χ0v) is 16.1. The molecule has 27 heavy (non-hydrogen) atoms. The zero-order chi connectivity index (χ0) is 18.4. The second kappa shape index (κ2) is 6.78. The Morgan fingerprint density at radius 1 is 0.926 bits per heavy atom. The Bertz CT molecular complexity index is 692. The third-order valence-corrected chi connectivity index (χ3v) is 7.50. The van der Waals surface area contributed by atoms with Crippen LogP contribution in [-0.2, 0) is 12.8 Å². The van der Waals surface area contributed by atoms with Crippen molar-refractivity contribution in [1.29, 1.82) is 0 Å². The minimum Gasteiger partial charge on any atom is -0.389 e. The predicted molar refractivity (Wildman–Crippen MR) is 105 cm³/mol. The van der Waals surface area contributed by atoms with E-state index >= 15 is 0 Å². The van der Waals surface area contributed by atoms with Crippen LogP contribution in [0.5, 0.6) is 0 Å². The molecule has 0 spiro atoms. The molecule has 0 unspecified atom stereocenters. The Balaban J connectivity index is 1.26. The second-order valence-electron chi connectivity index (χ2n) is 9.05. The molecule has 1 aliphatic carbocycles. The van der Waals surface area contributed by atoms with Crippen molar-refractivity contribution in [3.63, 3.8) is 0 Å². The number of urea groups is 1. The summed E-state index contributed by atoms with van der Waals surface area (Å²) in [6.45, 7) is 5.11. The van der Waals surface area contributed by atoms with Crippen molar-refractivity contribution < 1.29 is 9.90 Å². The van der Waals surface area contributed by atoms with E-state index in [1.807, 2.05) is 9.80 Å². The number of hydrogen-bond acceptors (Lipinski definition) is 3. The largest absolute Gasteiger partial charge is 0.389 e. The van der Waals surface area contributed by atoms with Gasteiger partial charge in [-0.3, -0.25) is 4.90 Å². The number of benzene rings is 1. The molecule has 2 atom stereocenters. The van der Waals surface area contributed by atoms with Crippen LogP contribution in [0.4, 0.5) is 4.79 Å². The topological polar surface area (TPSA) is 47.0 Å². The van der Waals surface area contributed by atoms with E-state index in [9.17, 15) is 9.90 Å².